The Hall–Kier alpha value is -1.38. The Morgan fingerprint density at radius 3 is 2.68 bits per heavy atom. The number of likely N-dealkylation sites (tertiary alicyclic amines) is 1. The van der Waals surface area contributed by atoms with E-state index in [2.05, 4.69) is 22.9 Å². The molecule has 0 aromatic carbocycles. The Bertz CT molecular complexity index is 460. The normalized spacial score (nSPS) is 20.6. The van der Waals surface area contributed by atoms with Crippen LogP contribution in [-0.2, 0) is 11.2 Å². The summed E-state index contributed by atoms with van der Waals surface area (Å²) in [6, 6.07) is 4.26. The lowest BCUT2D eigenvalue weighted by Crippen LogP contribution is -2.38. The van der Waals surface area contributed by atoms with E-state index >= 15 is 0 Å². The van der Waals surface area contributed by atoms with Crippen molar-refractivity contribution in [3.63, 3.8) is 0 Å². The minimum atomic E-state index is 0.362. The van der Waals surface area contributed by atoms with E-state index in [0.717, 1.165) is 45.2 Å². The van der Waals surface area contributed by atoms with Crippen LogP contribution < -0.4 is 0 Å². The summed E-state index contributed by atoms with van der Waals surface area (Å²) < 4.78 is 0. The highest BCUT2D eigenvalue weighted by atomic mass is 16.2. The molecule has 2 fully saturated rings. The molecule has 0 unspecified atom stereocenters. The molecule has 1 saturated heterocycles. The molecule has 1 amide bonds. The molecule has 1 aliphatic heterocycles. The smallest absolute Gasteiger partial charge is 0.225 e. The molecule has 102 valence electrons. The maximum Gasteiger partial charge on any atom is 0.225 e. The molecule has 2 heterocycles. The van der Waals surface area contributed by atoms with Gasteiger partial charge in [0.2, 0.25) is 5.91 Å². The number of amides is 1. The lowest BCUT2D eigenvalue weighted by molar-refractivity contribution is -0.133. The predicted molar refractivity (Wildman–Crippen MR) is 74.9 cm³/mol. The van der Waals surface area contributed by atoms with Crippen LogP contribution in [0, 0.1) is 5.92 Å². The van der Waals surface area contributed by atoms with Crippen LogP contribution in [0.3, 0.4) is 0 Å². The van der Waals surface area contributed by atoms with E-state index in [0.29, 0.717) is 17.7 Å². The fourth-order valence-corrected chi connectivity index (χ4v) is 3.12. The third-order valence-corrected chi connectivity index (χ3v) is 4.43. The summed E-state index contributed by atoms with van der Waals surface area (Å²) in [5, 5.41) is 0. The van der Waals surface area contributed by atoms with Gasteiger partial charge in [-0.15, -0.1) is 0 Å². The van der Waals surface area contributed by atoms with Crippen molar-refractivity contribution in [3.05, 3.63) is 29.6 Å². The van der Waals surface area contributed by atoms with Crippen molar-refractivity contribution in [1.29, 1.82) is 0 Å². The molecular formula is C16H22N2O. The van der Waals surface area contributed by atoms with Crippen molar-refractivity contribution >= 4 is 5.91 Å². The zero-order valence-electron chi connectivity index (χ0n) is 11.6. The minimum Gasteiger partial charge on any atom is -0.342 e. The average Bonchev–Trinajstić information content (AvgIpc) is 3.31. The molecule has 0 atom stereocenters. The first kappa shape index (κ1) is 12.6. The molecule has 2 aliphatic rings. The number of pyridine rings is 1. The lowest BCUT2D eigenvalue weighted by Gasteiger charge is -2.33. The molecular weight excluding hydrogens is 236 g/mol. The topological polar surface area (TPSA) is 33.2 Å². The van der Waals surface area contributed by atoms with Crippen molar-refractivity contribution in [2.45, 2.75) is 44.9 Å². The van der Waals surface area contributed by atoms with E-state index in [1.54, 1.807) is 0 Å². The Labute approximate surface area is 115 Å². The van der Waals surface area contributed by atoms with Crippen LogP contribution in [0.2, 0.25) is 0 Å². The van der Waals surface area contributed by atoms with Gasteiger partial charge < -0.3 is 4.90 Å². The summed E-state index contributed by atoms with van der Waals surface area (Å²) >= 11 is 0. The van der Waals surface area contributed by atoms with Gasteiger partial charge in [-0.05, 0) is 49.7 Å². The molecule has 0 radical (unpaired) electrons. The van der Waals surface area contributed by atoms with E-state index in [4.69, 9.17) is 0 Å². The Balaban J connectivity index is 1.64. The highest BCUT2D eigenvalue weighted by molar-refractivity contribution is 5.81. The first-order chi connectivity index (χ1) is 9.29. The summed E-state index contributed by atoms with van der Waals surface area (Å²) in [5.74, 6) is 1.35. The van der Waals surface area contributed by atoms with Gasteiger partial charge in [-0.3, -0.25) is 9.78 Å². The van der Waals surface area contributed by atoms with Crippen molar-refractivity contribution in [3.8, 4) is 0 Å². The number of hydrogen-bond donors (Lipinski definition) is 0. The number of hydrogen-bond acceptors (Lipinski definition) is 2. The first-order valence-electron chi connectivity index (χ1n) is 7.52. The maximum atomic E-state index is 12.0. The zero-order valence-corrected chi connectivity index (χ0v) is 11.6. The predicted octanol–water partition coefficient (Wildman–Crippen LogP) is 2.76. The maximum absolute atomic E-state index is 12.0. The Kier molecular flexibility index (Phi) is 3.54. The van der Waals surface area contributed by atoms with Gasteiger partial charge in [0.25, 0.3) is 0 Å². The van der Waals surface area contributed by atoms with Crippen molar-refractivity contribution in [1.82, 2.24) is 9.88 Å². The van der Waals surface area contributed by atoms with Gasteiger partial charge in [0.05, 0.1) is 0 Å². The summed E-state index contributed by atoms with van der Waals surface area (Å²) in [6.07, 6.45) is 7.29. The summed E-state index contributed by atoms with van der Waals surface area (Å²) in [4.78, 5) is 18.6. The zero-order chi connectivity index (χ0) is 13.2. The number of piperidine rings is 1. The molecule has 1 aliphatic carbocycles. The molecule has 3 rings (SSSR count). The number of aromatic nitrogens is 1. The highest BCUT2D eigenvalue weighted by Gasteiger charge is 2.35. The van der Waals surface area contributed by atoms with Crippen LogP contribution in [0.15, 0.2) is 18.3 Å². The van der Waals surface area contributed by atoms with Gasteiger partial charge in [-0.25, -0.2) is 0 Å². The van der Waals surface area contributed by atoms with Gasteiger partial charge in [-0.2, -0.15) is 0 Å². The van der Waals surface area contributed by atoms with E-state index < -0.39 is 0 Å². The number of nitrogens with zero attached hydrogens (tertiary/aromatic N) is 2. The second-order valence-corrected chi connectivity index (χ2v) is 5.77. The molecule has 1 aromatic rings. The van der Waals surface area contributed by atoms with Crippen LogP contribution in [0.5, 0.6) is 0 Å². The van der Waals surface area contributed by atoms with Crippen LogP contribution in [0.4, 0.5) is 0 Å². The van der Waals surface area contributed by atoms with Crippen LogP contribution in [0.1, 0.15) is 49.8 Å². The van der Waals surface area contributed by atoms with Crippen LogP contribution >= 0.6 is 0 Å². The monoisotopic (exact) mass is 258 g/mol. The second kappa shape index (κ2) is 5.32. The Morgan fingerprint density at radius 2 is 2.05 bits per heavy atom. The summed E-state index contributed by atoms with van der Waals surface area (Å²) in [5.41, 5.74) is 2.64. The number of rotatable bonds is 3. The molecule has 3 heteroatoms. The van der Waals surface area contributed by atoms with E-state index in [1.165, 1.54) is 11.3 Å². The molecule has 1 saturated carbocycles. The first-order valence-corrected chi connectivity index (χ1v) is 7.52. The SMILES string of the molecule is CCc1ncccc1C1CCN(C(=O)C2CC2)CC1. The van der Waals surface area contributed by atoms with E-state index in [1.807, 2.05) is 12.3 Å². The van der Waals surface area contributed by atoms with Crippen molar-refractivity contribution in [2.75, 3.05) is 13.1 Å². The third-order valence-electron chi connectivity index (χ3n) is 4.43. The quantitative estimate of drug-likeness (QED) is 0.835. The number of carbonyl (C=O) groups excluding carboxylic acids is 1. The largest absolute Gasteiger partial charge is 0.342 e. The van der Waals surface area contributed by atoms with E-state index in [-0.39, 0.29) is 0 Å². The lowest BCUT2D eigenvalue weighted by atomic mass is 9.87. The molecule has 19 heavy (non-hydrogen) atoms. The fourth-order valence-electron chi connectivity index (χ4n) is 3.12. The Morgan fingerprint density at radius 1 is 1.32 bits per heavy atom. The van der Waals surface area contributed by atoms with Crippen LogP contribution in [-0.4, -0.2) is 28.9 Å². The summed E-state index contributed by atoms with van der Waals surface area (Å²) in [7, 11) is 0. The van der Waals surface area contributed by atoms with E-state index in [9.17, 15) is 4.79 Å². The number of aryl methyl sites for hydroxylation is 1. The fraction of sp³-hybridized carbons (Fsp3) is 0.625. The van der Waals surface area contributed by atoms with Crippen molar-refractivity contribution < 1.29 is 4.79 Å². The highest BCUT2D eigenvalue weighted by Crippen LogP contribution is 2.34. The molecule has 3 nitrogen and oxygen atoms in total. The molecule has 0 spiro atoms. The van der Waals surface area contributed by atoms with Gasteiger partial charge in [0, 0.05) is 30.9 Å². The molecule has 1 aromatic heterocycles. The van der Waals surface area contributed by atoms with Gasteiger partial charge in [0.15, 0.2) is 0 Å². The standard InChI is InChI=1S/C16H22N2O/c1-2-15-14(4-3-9-17-15)12-7-10-18(11-8-12)16(19)13-5-6-13/h3-4,9,12-13H,2,5-8,10-11H2,1H3. The average molecular weight is 258 g/mol. The molecule has 0 N–H and O–H groups in total. The summed E-state index contributed by atoms with van der Waals surface area (Å²) in [6.45, 7) is 4.02. The third kappa shape index (κ3) is 2.65. The van der Waals surface area contributed by atoms with Crippen LogP contribution in [0.25, 0.3) is 0 Å². The second-order valence-electron chi connectivity index (χ2n) is 5.77. The van der Waals surface area contributed by atoms with Gasteiger partial charge >= 0.3 is 0 Å². The molecule has 0 bridgehead atoms. The van der Waals surface area contributed by atoms with Gasteiger partial charge in [-0.1, -0.05) is 13.0 Å². The minimum absolute atomic E-state index is 0.362. The van der Waals surface area contributed by atoms with Gasteiger partial charge in [0.1, 0.15) is 0 Å². The van der Waals surface area contributed by atoms with Crippen molar-refractivity contribution in [2.24, 2.45) is 5.92 Å². The number of carbonyl (C=O) groups is 1.